The summed E-state index contributed by atoms with van der Waals surface area (Å²) in [7, 11) is 1.66. The highest BCUT2D eigenvalue weighted by Crippen LogP contribution is 2.23. The van der Waals surface area contributed by atoms with Gasteiger partial charge >= 0.3 is 0 Å². The van der Waals surface area contributed by atoms with E-state index in [1.54, 1.807) is 13.1 Å². The normalized spacial score (nSPS) is 16.3. The lowest BCUT2D eigenvalue weighted by molar-refractivity contribution is -0.126. The molecule has 0 spiro atoms. The Balaban J connectivity index is 1.83. The van der Waals surface area contributed by atoms with Crippen molar-refractivity contribution in [3.8, 4) is 0 Å². The van der Waals surface area contributed by atoms with Crippen LogP contribution in [-0.4, -0.2) is 43.4 Å². The minimum Gasteiger partial charge on any atom is -0.359 e. The van der Waals surface area contributed by atoms with Gasteiger partial charge in [-0.3, -0.25) is 14.5 Å². The summed E-state index contributed by atoms with van der Waals surface area (Å²) >= 11 is 6.05. The monoisotopic (exact) mass is 323 g/mol. The van der Waals surface area contributed by atoms with E-state index in [-0.39, 0.29) is 17.7 Å². The van der Waals surface area contributed by atoms with Gasteiger partial charge < -0.3 is 10.6 Å². The molecule has 0 aromatic heterocycles. The Hall–Kier alpha value is -1.59. The highest BCUT2D eigenvalue weighted by molar-refractivity contribution is 6.31. The average Bonchev–Trinajstić information content (AvgIpc) is 2.52. The minimum absolute atomic E-state index is 0.0521. The molecule has 0 radical (unpaired) electrons. The maximum Gasteiger partial charge on any atom is 0.238 e. The van der Waals surface area contributed by atoms with Gasteiger partial charge in [0.25, 0.3) is 0 Å². The summed E-state index contributed by atoms with van der Waals surface area (Å²) < 4.78 is 0. The molecule has 5 nitrogen and oxygen atoms in total. The summed E-state index contributed by atoms with van der Waals surface area (Å²) in [4.78, 5) is 25.8. The van der Waals surface area contributed by atoms with Gasteiger partial charge in [-0.15, -0.1) is 0 Å². The number of amides is 2. The van der Waals surface area contributed by atoms with Crippen LogP contribution in [0.15, 0.2) is 18.2 Å². The van der Waals surface area contributed by atoms with Crippen LogP contribution in [0.25, 0.3) is 0 Å². The Morgan fingerprint density at radius 2 is 2.00 bits per heavy atom. The third-order valence-electron chi connectivity index (χ3n) is 4.11. The van der Waals surface area contributed by atoms with Gasteiger partial charge in [0.1, 0.15) is 0 Å². The van der Waals surface area contributed by atoms with Crippen LogP contribution < -0.4 is 10.6 Å². The Kier molecular flexibility index (Phi) is 5.80. The van der Waals surface area contributed by atoms with Crippen molar-refractivity contribution in [2.24, 2.45) is 5.92 Å². The first kappa shape index (κ1) is 16.8. The van der Waals surface area contributed by atoms with Crippen LogP contribution in [0.1, 0.15) is 18.4 Å². The molecule has 1 fully saturated rings. The third kappa shape index (κ3) is 4.21. The van der Waals surface area contributed by atoms with Gasteiger partial charge in [0.15, 0.2) is 0 Å². The molecule has 0 atom stereocenters. The Morgan fingerprint density at radius 1 is 1.32 bits per heavy atom. The molecule has 120 valence electrons. The molecule has 1 aliphatic heterocycles. The number of carbonyl (C=O) groups is 2. The second kappa shape index (κ2) is 7.61. The van der Waals surface area contributed by atoms with E-state index in [1.165, 1.54) is 0 Å². The first-order valence-corrected chi connectivity index (χ1v) is 7.88. The number of hydrogen-bond acceptors (Lipinski definition) is 3. The Morgan fingerprint density at radius 3 is 2.64 bits per heavy atom. The molecule has 1 aliphatic rings. The molecule has 2 rings (SSSR count). The molecule has 22 heavy (non-hydrogen) atoms. The lowest BCUT2D eigenvalue weighted by Crippen LogP contribution is -2.42. The summed E-state index contributed by atoms with van der Waals surface area (Å²) in [6.45, 7) is 3.75. The fraction of sp³-hybridized carbons (Fsp3) is 0.500. The lowest BCUT2D eigenvalue weighted by Gasteiger charge is -2.30. The highest BCUT2D eigenvalue weighted by atomic mass is 35.5. The maximum atomic E-state index is 12.1. The molecule has 0 bridgehead atoms. The van der Waals surface area contributed by atoms with Crippen molar-refractivity contribution in [1.82, 2.24) is 10.2 Å². The molecule has 0 unspecified atom stereocenters. The van der Waals surface area contributed by atoms with Gasteiger partial charge in [-0.25, -0.2) is 0 Å². The molecule has 1 aromatic carbocycles. The number of nitrogens with zero attached hydrogens (tertiary/aromatic N) is 1. The molecule has 2 N–H and O–H groups in total. The molecule has 6 heteroatoms. The molecular formula is C16H22ClN3O2. The fourth-order valence-electron chi connectivity index (χ4n) is 2.69. The van der Waals surface area contributed by atoms with Crippen LogP contribution in [0.2, 0.25) is 5.02 Å². The molecule has 2 amide bonds. The van der Waals surface area contributed by atoms with E-state index in [1.807, 2.05) is 19.1 Å². The van der Waals surface area contributed by atoms with Crippen LogP contribution in [0, 0.1) is 12.8 Å². The zero-order valence-electron chi connectivity index (χ0n) is 13.0. The van der Waals surface area contributed by atoms with Crippen molar-refractivity contribution in [2.75, 3.05) is 32.0 Å². The number of hydrogen-bond donors (Lipinski definition) is 2. The SMILES string of the molecule is CNC(=O)C1CCN(CC(=O)Nc2cccc(Cl)c2C)CC1. The van der Waals surface area contributed by atoms with Gasteiger partial charge in [0, 0.05) is 23.7 Å². The number of rotatable bonds is 4. The zero-order chi connectivity index (χ0) is 16.1. The van der Waals surface area contributed by atoms with Crippen LogP contribution in [0.5, 0.6) is 0 Å². The first-order valence-electron chi connectivity index (χ1n) is 7.50. The zero-order valence-corrected chi connectivity index (χ0v) is 13.7. The van der Waals surface area contributed by atoms with Gasteiger partial charge in [0.05, 0.1) is 6.54 Å². The van der Waals surface area contributed by atoms with Gasteiger partial charge in [-0.05, 0) is 50.6 Å². The van der Waals surface area contributed by atoms with E-state index in [0.29, 0.717) is 11.6 Å². The van der Waals surface area contributed by atoms with Crippen molar-refractivity contribution in [3.05, 3.63) is 28.8 Å². The summed E-state index contributed by atoms with van der Waals surface area (Å²) in [5.74, 6) is 0.113. The second-order valence-corrected chi connectivity index (χ2v) is 6.03. The first-order chi connectivity index (χ1) is 10.5. The summed E-state index contributed by atoms with van der Waals surface area (Å²) in [5, 5.41) is 6.23. The number of carbonyl (C=O) groups excluding carboxylic acids is 2. The summed E-state index contributed by atoms with van der Waals surface area (Å²) in [6.07, 6.45) is 1.59. The Labute approximate surface area is 136 Å². The van der Waals surface area contributed by atoms with Crippen molar-refractivity contribution in [1.29, 1.82) is 0 Å². The number of halogens is 1. The largest absolute Gasteiger partial charge is 0.359 e. The van der Waals surface area contributed by atoms with E-state index in [9.17, 15) is 9.59 Å². The van der Waals surface area contributed by atoms with Gasteiger partial charge in [0.2, 0.25) is 11.8 Å². The molecule has 1 aromatic rings. The van der Waals surface area contributed by atoms with E-state index >= 15 is 0 Å². The maximum absolute atomic E-state index is 12.1. The fourth-order valence-corrected chi connectivity index (χ4v) is 2.87. The van der Waals surface area contributed by atoms with Crippen molar-refractivity contribution in [2.45, 2.75) is 19.8 Å². The Bertz CT molecular complexity index is 554. The lowest BCUT2D eigenvalue weighted by atomic mass is 9.96. The number of benzene rings is 1. The predicted molar refractivity (Wildman–Crippen MR) is 88.0 cm³/mol. The third-order valence-corrected chi connectivity index (χ3v) is 4.52. The molecule has 1 saturated heterocycles. The van der Waals surface area contributed by atoms with Crippen LogP contribution in [0.4, 0.5) is 5.69 Å². The average molecular weight is 324 g/mol. The molecule has 0 saturated carbocycles. The van der Waals surface area contributed by atoms with Crippen molar-refractivity contribution in [3.63, 3.8) is 0 Å². The van der Waals surface area contributed by atoms with Gasteiger partial charge in [-0.2, -0.15) is 0 Å². The second-order valence-electron chi connectivity index (χ2n) is 5.63. The van der Waals surface area contributed by atoms with Crippen molar-refractivity contribution < 1.29 is 9.59 Å². The van der Waals surface area contributed by atoms with E-state index in [0.717, 1.165) is 37.2 Å². The molecular weight excluding hydrogens is 302 g/mol. The topological polar surface area (TPSA) is 61.4 Å². The number of anilines is 1. The van der Waals surface area contributed by atoms with E-state index in [4.69, 9.17) is 11.6 Å². The van der Waals surface area contributed by atoms with E-state index in [2.05, 4.69) is 15.5 Å². The smallest absolute Gasteiger partial charge is 0.238 e. The van der Waals surface area contributed by atoms with Crippen LogP contribution in [-0.2, 0) is 9.59 Å². The molecule has 1 heterocycles. The molecule has 0 aliphatic carbocycles. The predicted octanol–water partition coefficient (Wildman–Crippen LogP) is 2.04. The van der Waals surface area contributed by atoms with Gasteiger partial charge in [-0.1, -0.05) is 17.7 Å². The number of nitrogens with one attached hydrogen (secondary N) is 2. The summed E-state index contributed by atoms with van der Waals surface area (Å²) in [5.41, 5.74) is 1.62. The summed E-state index contributed by atoms with van der Waals surface area (Å²) in [6, 6.07) is 5.47. The minimum atomic E-state index is -0.0521. The number of piperidine rings is 1. The van der Waals surface area contributed by atoms with Crippen LogP contribution in [0.3, 0.4) is 0 Å². The van der Waals surface area contributed by atoms with Crippen molar-refractivity contribution >= 4 is 29.1 Å². The standard InChI is InChI=1S/C16H22ClN3O2/c1-11-13(17)4-3-5-14(11)19-15(21)10-20-8-6-12(7-9-20)16(22)18-2/h3-5,12H,6-10H2,1-2H3,(H,18,22)(H,19,21). The highest BCUT2D eigenvalue weighted by Gasteiger charge is 2.25. The van der Waals surface area contributed by atoms with Crippen LogP contribution >= 0.6 is 11.6 Å². The van der Waals surface area contributed by atoms with E-state index < -0.39 is 0 Å². The quantitative estimate of drug-likeness (QED) is 0.891. The number of likely N-dealkylation sites (tertiary alicyclic amines) is 1.